The maximum Gasteiger partial charge on any atom is 0.326 e. The van der Waals surface area contributed by atoms with Gasteiger partial charge in [0, 0.05) is 18.5 Å². The molecule has 2 aromatic rings. The average molecular weight is 299 g/mol. The summed E-state index contributed by atoms with van der Waals surface area (Å²) in [7, 11) is 0. The highest BCUT2D eigenvalue weighted by Crippen LogP contribution is 2.25. The fourth-order valence-corrected chi connectivity index (χ4v) is 2.72. The second-order valence-electron chi connectivity index (χ2n) is 5.27. The van der Waals surface area contributed by atoms with Crippen LogP contribution >= 0.6 is 0 Å². The average Bonchev–Trinajstić information content (AvgIpc) is 2.53. The summed E-state index contributed by atoms with van der Waals surface area (Å²) in [6.45, 7) is 0.239. The third-order valence-electron chi connectivity index (χ3n) is 3.89. The zero-order valence-electron chi connectivity index (χ0n) is 11.7. The molecule has 1 heterocycles. The van der Waals surface area contributed by atoms with Crippen molar-refractivity contribution in [2.24, 2.45) is 0 Å². The molecule has 1 aliphatic heterocycles. The van der Waals surface area contributed by atoms with E-state index in [2.05, 4.69) is 0 Å². The molecule has 2 aromatic carbocycles. The molecule has 1 unspecified atom stereocenters. The van der Waals surface area contributed by atoms with Gasteiger partial charge in [0.1, 0.15) is 11.9 Å². The number of carboxylic acids is 1. The molecule has 1 atom stereocenters. The van der Waals surface area contributed by atoms with Crippen molar-refractivity contribution in [2.45, 2.75) is 19.0 Å². The maximum atomic E-state index is 13.0. The molecule has 0 bridgehead atoms. The summed E-state index contributed by atoms with van der Waals surface area (Å²) in [4.78, 5) is 25.4. The van der Waals surface area contributed by atoms with Crippen LogP contribution in [-0.2, 0) is 17.8 Å². The van der Waals surface area contributed by atoms with Crippen LogP contribution in [0.1, 0.15) is 21.5 Å². The molecule has 4 nitrogen and oxygen atoms in total. The minimum Gasteiger partial charge on any atom is -0.480 e. The van der Waals surface area contributed by atoms with Gasteiger partial charge in [0.2, 0.25) is 0 Å². The number of fused-ring (bicyclic) bond motifs is 1. The number of rotatable bonds is 2. The van der Waals surface area contributed by atoms with Crippen molar-refractivity contribution in [3.05, 3.63) is 71.0 Å². The summed E-state index contributed by atoms with van der Waals surface area (Å²) in [5, 5.41) is 9.42. The molecule has 0 spiro atoms. The van der Waals surface area contributed by atoms with E-state index in [1.165, 1.54) is 29.2 Å². The minimum atomic E-state index is -1.04. The molecule has 1 amide bonds. The topological polar surface area (TPSA) is 57.6 Å². The van der Waals surface area contributed by atoms with Gasteiger partial charge in [0.25, 0.3) is 5.91 Å². The van der Waals surface area contributed by atoms with Crippen LogP contribution in [0, 0.1) is 5.82 Å². The lowest BCUT2D eigenvalue weighted by Crippen LogP contribution is -2.48. The monoisotopic (exact) mass is 299 g/mol. The van der Waals surface area contributed by atoms with Crippen molar-refractivity contribution in [1.29, 1.82) is 0 Å². The van der Waals surface area contributed by atoms with Crippen LogP contribution < -0.4 is 0 Å². The highest BCUT2D eigenvalue weighted by atomic mass is 19.1. The Morgan fingerprint density at radius 1 is 1.05 bits per heavy atom. The Morgan fingerprint density at radius 2 is 1.68 bits per heavy atom. The lowest BCUT2D eigenvalue weighted by molar-refractivity contribution is -0.142. The van der Waals surface area contributed by atoms with Crippen molar-refractivity contribution < 1.29 is 19.1 Å². The zero-order chi connectivity index (χ0) is 15.7. The summed E-state index contributed by atoms with van der Waals surface area (Å²) in [5.41, 5.74) is 2.17. The van der Waals surface area contributed by atoms with Gasteiger partial charge in [0.15, 0.2) is 0 Å². The molecule has 0 aliphatic carbocycles. The third kappa shape index (κ3) is 2.57. The van der Waals surface area contributed by atoms with Gasteiger partial charge in [-0.2, -0.15) is 0 Å². The van der Waals surface area contributed by atoms with Crippen LogP contribution in [-0.4, -0.2) is 27.9 Å². The van der Waals surface area contributed by atoms with E-state index in [-0.39, 0.29) is 18.5 Å². The van der Waals surface area contributed by atoms with Crippen LogP contribution in [0.15, 0.2) is 48.5 Å². The van der Waals surface area contributed by atoms with E-state index >= 15 is 0 Å². The van der Waals surface area contributed by atoms with E-state index in [0.717, 1.165) is 11.1 Å². The number of hydrogen-bond acceptors (Lipinski definition) is 2. The van der Waals surface area contributed by atoms with Crippen LogP contribution in [0.2, 0.25) is 0 Å². The normalized spacial score (nSPS) is 17.0. The summed E-state index contributed by atoms with van der Waals surface area (Å²) in [6.07, 6.45) is 0.276. The van der Waals surface area contributed by atoms with Crippen molar-refractivity contribution in [2.75, 3.05) is 0 Å². The fraction of sp³-hybridized carbons (Fsp3) is 0.176. The Balaban J connectivity index is 1.95. The molecular weight excluding hydrogens is 285 g/mol. The van der Waals surface area contributed by atoms with E-state index in [1.54, 1.807) is 0 Å². The Labute approximate surface area is 126 Å². The number of carboxylic acid groups (broad SMARTS) is 1. The van der Waals surface area contributed by atoms with Gasteiger partial charge in [-0.3, -0.25) is 4.79 Å². The van der Waals surface area contributed by atoms with Crippen molar-refractivity contribution >= 4 is 11.9 Å². The SMILES string of the molecule is O=C(O)C1Cc2ccccc2CN1C(=O)c1ccc(F)cc1. The largest absolute Gasteiger partial charge is 0.480 e. The van der Waals surface area contributed by atoms with Gasteiger partial charge in [-0.1, -0.05) is 24.3 Å². The number of hydrogen-bond donors (Lipinski definition) is 1. The van der Waals surface area contributed by atoms with Gasteiger partial charge < -0.3 is 10.0 Å². The quantitative estimate of drug-likeness (QED) is 0.927. The van der Waals surface area contributed by atoms with Crippen LogP contribution in [0.5, 0.6) is 0 Å². The highest BCUT2D eigenvalue weighted by Gasteiger charge is 2.34. The molecule has 0 saturated carbocycles. The first kappa shape index (κ1) is 14.3. The van der Waals surface area contributed by atoms with E-state index < -0.39 is 23.7 Å². The smallest absolute Gasteiger partial charge is 0.326 e. The Kier molecular flexibility index (Phi) is 3.63. The summed E-state index contributed by atoms with van der Waals surface area (Å²) in [5.74, 6) is -1.87. The minimum absolute atomic E-state index is 0.239. The summed E-state index contributed by atoms with van der Waals surface area (Å²) < 4.78 is 13.0. The standard InChI is InChI=1S/C17H14FNO3/c18-14-7-5-11(6-8-14)16(20)19-10-13-4-2-1-3-12(13)9-15(19)17(21)22/h1-8,15H,9-10H2,(H,21,22). The van der Waals surface area contributed by atoms with Crippen LogP contribution in [0.3, 0.4) is 0 Å². The van der Waals surface area contributed by atoms with Gasteiger partial charge in [-0.05, 0) is 35.4 Å². The summed E-state index contributed by atoms with van der Waals surface area (Å²) in [6, 6.07) is 11.7. The molecule has 1 aliphatic rings. The van der Waals surface area contributed by atoms with Crippen molar-refractivity contribution in [3.63, 3.8) is 0 Å². The molecule has 0 aromatic heterocycles. The third-order valence-corrected chi connectivity index (χ3v) is 3.89. The number of amides is 1. The molecular formula is C17H14FNO3. The van der Waals surface area contributed by atoms with Gasteiger partial charge in [-0.15, -0.1) is 0 Å². The van der Waals surface area contributed by atoms with E-state index in [9.17, 15) is 19.1 Å². The van der Waals surface area contributed by atoms with Crippen molar-refractivity contribution in [1.82, 2.24) is 4.90 Å². The predicted molar refractivity (Wildman–Crippen MR) is 77.8 cm³/mol. The number of carbonyl (C=O) groups excluding carboxylic acids is 1. The fourth-order valence-electron chi connectivity index (χ4n) is 2.72. The van der Waals surface area contributed by atoms with Crippen LogP contribution in [0.4, 0.5) is 4.39 Å². The Bertz CT molecular complexity index is 727. The summed E-state index contributed by atoms with van der Waals surface area (Å²) >= 11 is 0. The lowest BCUT2D eigenvalue weighted by atomic mass is 9.93. The molecule has 5 heteroatoms. The molecule has 0 fully saturated rings. The maximum absolute atomic E-state index is 13.0. The Morgan fingerprint density at radius 3 is 2.32 bits per heavy atom. The molecule has 112 valence electrons. The first-order valence-electron chi connectivity index (χ1n) is 6.92. The molecule has 0 radical (unpaired) electrons. The predicted octanol–water partition coefficient (Wildman–Crippen LogP) is 2.48. The van der Waals surface area contributed by atoms with Crippen molar-refractivity contribution in [3.8, 4) is 0 Å². The first-order valence-corrected chi connectivity index (χ1v) is 6.92. The van der Waals surface area contributed by atoms with E-state index in [1.807, 2.05) is 24.3 Å². The van der Waals surface area contributed by atoms with Crippen LogP contribution in [0.25, 0.3) is 0 Å². The number of halogens is 1. The zero-order valence-corrected chi connectivity index (χ0v) is 11.7. The van der Waals surface area contributed by atoms with Gasteiger partial charge >= 0.3 is 5.97 Å². The lowest BCUT2D eigenvalue weighted by Gasteiger charge is -2.34. The first-order chi connectivity index (χ1) is 10.6. The molecule has 22 heavy (non-hydrogen) atoms. The second kappa shape index (κ2) is 5.60. The molecule has 1 N–H and O–H groups in total. The Hall–Kier alpha value is -2.69. The highest BCUT2D eigenvalue weighted by molar-refractivity contribution is 5.97. The number of aliphatic carboxylic acids is 1. The molecule has 0 saturated heterocycles. The number of nitrogens with zero attached hydrogens (tertiary/aromatic N) is 1. The number of carbonyl (C=O) groups is 2. The van der Waals surface area contributed by atoms with E-state index in [4.69, 9.17) is 0 Å². The van der Waals surface area contributed by atoms with Gasteiger partial charge in [-0.25, -0.2) is 9.18 Å². The van der Waals surface area contributed by atoms with E-state index in [0.29, 0.717) is 0 Å². The molecule has 3 rings (SSSR count). The second-order valence-corrected chi connectivity index (χ2v) is 5.27. The van der Waals surface area contributed by atoms with Gasteiger partial charge in [0.05, 0.1) is 0 Å². The number of benzene rings is 2.